The van der Waals surface area contributed by atoms with Crippen molar-refractivity contribution in [2.75, 3.05) is 11.5 Å². The lowest BCUT2D eigenvalue weighted by atomic mass is 10.1. The number of carbonyl (C=O) groups is 1. The van der Waals surface area contributed by atoms with Crippen LogP contribution in [-0.4, -0.2) is 22.6 Å². The van der Waals surface area contributed by atoms with Gasteiger partial charge in [-0.1, -0.05) is 64.7 Å². The maximum Gasteiger partial charge on any atom is 0.303 e. The quantitative estimate of drug-likeness (QED) is 0.404. The third kappa shape index (κ3) is 17.8. The van der Waals surface area contributed by atoms with E-state index < -0.39 is 5.97 Å². The first-order chi connectivity index (χ1) is 9.27. The van der Waals surface area contributed by atoms with E-state index in [1.165, 1.54) is 70.0 Å². The van der Waals surface area contributed by atoms with E-state index in [9.17, 15) is 4.79 Å². The number of rotatable bonds is 15. The second-order valence-electron chi connectivity index (χ2n) is 5.29. The molecule has 0 rings (SSSR count). The van der Waals surface area contributed by atoms with Gasteiger partial charge in [0.1, 0.15) is 0 Å². The van der Waals surface area contributed by atoms with Crippen molar-refractivity contribution < 1.29 is 9.90 Å². The highest BCUT2D eigenvalue weighted by Crippen LogP contribution is 2.13. The van der Waals surface area contributed by atoms with Gasteiger partial charge in [0.2, 0.25) is 0 Å². The zero-order chi connectivity index (χ0) is 14.2. The molecular formula is C16H32O2S. The first-order valence-electron chi connectivity index (χ1n) is 8.07. The van der Waals surface area contributed by atoms with Crippen LogP contribution in [0.2, 0.25) is 0 Å². The van der Waals surface area contributed by atoms with E-state index in [1.807, 2.05) is 11.8 Å². The normalized spacial score (nSPS) is 10.8. The molecule has 0 saturated carbocycles. The Balaban J connectivity index is 2.93. The van der Waals surface area contributed by atoms with Crippen LogP contribution in [0.15, 0.2) is 0 Å². The Morgan fingerprint density at radius 2 is 1.26 bits per heavy atom. The van der Waals surface area contributed by atoms with Crippen LogP contribution < -0.4 is 0 Å². The summed E-state index contributed by atoms with van der Waals surface area (Å²) in [6.07, 6.45) is 15.0. The Hall–Kier alpha value is -0.180. The van der Waals surface area contributed by atoms with Crippen molar-refractivity contribution in [1.29, 1.82) is 0 Å². The van der Waals surface area contributed by atoms with Crippen molar-refractivity contribution >= 4 is 17.7 Å². The minimum absolute atomic E-state index is 0.324. The second-order valence-corrected chi connectivity index (χ2v) is 6.52. The number of aliphatic carboxylic acids is 1. The molecule has 0 aromatic carbocycles. The third-order valence-corrected chi connectivity index (χ3v) is 4.48. The predicted molar refractivity (Wildman–Crippen MR) is 86.0 cm³/mol. The Morgan fingerprint density at radius 3 is 1.79 bits per heavy atom. The highest BCUT2D eigenvalue weighted by Gasteiger charge is 1.97. The zero-order valence-electron chi connectivity index (χ0n) is 12.7. The Kier molecular flexibility index (Phi) is 15.7. The maximum atomic E-state index is 10.3. The van der Waals surface area contributed by atoms with Crippen LogP contribution in [0.1, 0.15) is 84.0 Å². The van der Waals surface area contributed by atoms with Crippen molar-refractivity contribution in [3.05, 3.63) is 0 Å². The lowest BCUT2D eigenvalue weighted by molar-refractivity contribution is -0.137. The highest BCUT2D eigenvalue weighted by molar-refractivity contribution is 7.99. The third-order valence-electron chi connectivity index (χ3n) is 3.32. The van der Waals surface area contributed by atoms with Crippen molar-refractivity contribution in [3.63, 3.8) is 0 Å². The summed E-state index contributed by atoms with van der Waals surface area (Å²) in [4.78, 5) is 10.3. The molecule has 0 heterocycles. The molecule has 2 nitrogen and oxygen atoms in total. The molecule has 0 atom stereocenters. The van der Waals surface area contributed by atoms with Crippen molar-refractivity contribution in [2.24, 2.45) is 0 Å². The SMILES string of the molecule is CCCCCCCCCCCCSCCCC(=O)O. The van der Waals surface area contributed by atoms with Gasteiger partial charge >= 0.3 is 5.97 Å². The summed E-state index contributed by atoms with van der Waals surface area (Å²) in [6.45, 7) is 2.26. The molecule has 0 unspecified atom stereocenters. The molecule has 0 aromatic rings. The van der Waals surface area contributed by atoms with Gasteiger partial charge in [-0.15, -0.1) is 0 Å². The van der Waals surface area contributed by atoms with Gasteiger partial charge in [-0.3, -0.25) is 4.79 Å². The van der Waals surface area contributed by atoms with Gasteiger partial charge in [0.25, 0.3) is 0 Å². The number of unbranched alkanes of at least 4 members (excludes halogenated alkanes) is 9. The maximum absolute atomic E-state index is 10.3. The van der Waals surface area contributed by atoms with Gasteiger partial charge in [-0.2, -0.15) is 11.8 Å². The first kappa shape index (κ1) is 18.8. The van der Waals surface area contributed by atoms with E-state index in [4.69, 9.17) is 5.11 Å². The monoisotopic (exact) mass is 288 g/mol. The lowest BCUT2D eigenvalue weighted by Gasteiger charge is -2.02. The molecule has 0 bridgehead atoms. The van der Waals surface area contributed by atoms with Crippen molar-refractivity contribution in [2.45, 2.75) is 84.0 Å². The standard InChI is InChI=1S/C16H32O2S/c1-2-3-4-5-6-7-8-9-10-11-14-19-15-12-13-16(17)18/h2-15H2,1H3,(H,17,18). The van der Waals surface area contributed by atoms with Gasteiger partial charge in [-0.25, -0.2) is 0 Å². The number of carboxylic acid groups (broad SMARTS) is 1. The van der Waals surface area contributed by atoms with E-state index >= 15 is 0 Å². The molecule has 0 amide bonds. The van der Waals surface area contributed by atoms with E-state index in [0.717, 1.165) is 12.2 Å². The molecule has 0 aromatic heterocycles. The number of thioether (sulfide) groups is 1. The number of carboxylic acids is 1. The fourth-order valence-corrected chi connectivity index (χ4v) is 3.08. The zero-order valence-corrected chi connectivity index (χ0v) is 13.5. The fraction of sp³-hybridized carbons (Fsp3) is 0.938. The molecule has 0 aliphatic rings. The Bertz CT molecular complexity index is 195. The van der Waals surface area contributed by atoms with Gasteiger partial charge in [-0.05, 0) is 24.3 Å². The summed E-state index contributed by atoms with van der Waals surface area (Å²) in [5.74, 6) is 1.54. The van der Waals surface area contributed by atoms with Crippen LogP contribution >= 0.6 is 11.8 Å². The topological polar surface area (TPSA) is 37.3 Å². The molecule has 0 aliphatic heterocycles. The Labute approximate surface area is 123 Å². The molecule has 114 valence electrons. The van der Waals surface area contributed by atoms with Crippen LogP contribution in [0.5, 0.6) is 0 Å². The van der Waals surface area contributed by atoms with Gasteiger partial charge < -0.3 is 5.11 Å². The molecule has 0 fully saturated rings. The van der Waals surface area contributed by atoms with E-state index in [0.29, 0.717) is 6.42 Å². The smallest absolute Gasteiger partial charge is 0.303 e. The highest BCUT2D eigenvalue weighted by atomic mass is 32.2. The van der Waals surface area contributed by atoms with E-state index in [-0.39, 0.29) is 0 Å². The average Bonchev–Trinajstić information content (AvgIpc) is 2.39. The van der Waals surface area contributed by atoms with Crippen LogP contribution in [0, 0.1) is 0 Å². The van der Waals surface area contributed by atoms with Gasteiger partial charge in [0.05, 0.1) is 0 Å². The Morgan fingerprint density at radius 1 is 0.789 bits per heavy atom. The van der Waals surface area contributed by atoms with Crippen LogP contribution in [0.25, 0.3) is 0 Å². The summed E-state index contributed by atoms with van der Waals surface area (Å²) in [7, 11) is 0. The molecule has 0 saturated heterocycles. The molecular weight excluding hydrogens is 256 g/mol. The summed E-state index contributed by atoms with van der Waals surface area (Å²) in [5.41, 5.74) is 0. The summed E-state index contributed by atoms with van der Waals surface area (Å²) >= 11 is 1.91. The summed E-state index contributed by atoms with van der Waals surface area (Å²) < 4.78 is 0. The minimum atomic E-state index is -0.667. The number of hydrogen-bond donors (Lipinski definition) is 1. The van der Waals surface area contributed by atoms with Crippen LogP contribution in [0.4, 0.5) is 0 Å². The first-order valence-corrected chi connectivity index (χ1v) is 9.22. The van der Waals surface area contributed by atoms with E-state index in [1.54, 1.807) is 0 Å². The minimum Gasteiger partial charge on any atom is -0.481 e. The average molecular weight is 288 g/mol. The van der Waals surface area contributed by atoms with E-state index in [2.05, 4.69) is 6.92 Å². The molecule has 19 heavy (non-hydrogen) atoms. The lowest BCUT2D eigenvalue weighted by Crippen LogP contribution is -1.95. The number of hydrogen-bond acceptors (Lipinski definition) is 2. The van der Waals surface area contributed by atoms with Crippen molar-refractivity contribution in [3.8, 4) is 0 Å². The van der Waals surface area contributed by atoms with Gasteiger partial charge in [0.15, 0.2) is 0 Å². The predicted octanol–water partition coefficient (Wildman–Crippen LogP) is 5.51. The molecule has 3 heteroatoms. The largest absolute Gasteiger partial charge is 0.481 e. The molecule has 0 spiro atoms. The van der Waals surface area contributed by atoms with Crippen molar-refractivity contribution in [1.82, 2.24) is 0 Å². The van der Waals surface area contributed by atoms with Crippen LogP contribution in [0.3, 0.4) is 0 Å². The fourth-order valence-electron chi connectivity index (χ4n) is 2.12. The summed E-state index contributed by atoms with van der Waals surface area (Å²) in [6, 6.07) is 0. The van der Waals surface area contributed by atoms with Crippen LogP contribution in [-0.2, 0) is 4.79 Å². The summed E-state index contributed by atoms with van der Waals surface area (Å²) in [5, 5.41) is 8.50. The molecule has 1 N–H and O–H groups in total. The molecule has 0 aliphatic carbocycles. The second kappa shape index (κ2) is 15.9. The molecule has 0 radical (unpaired) electrons. The van der Waals surface area contributed by atoms with Gasteiger partial charge in [0, 0.05) is 6.42 Å².